The molecular weight excluding hydrogens is 222 g/mol. The van der Waals surface area contributed by atoms with Gasteiger partial charge in [0.25, 0.3) is 0 Å². The highest BCUT2D eigenvalue weighted by Crippen LogP contribution is 2.23. The normalized spacial score (nSPS) is 10.4. The molecule has 0 aliphatic carbocycles. The summed E-state index contributed by atoms with van der Waals surface area (Å²) in [6.07, 6.45) is 3.66. The van der Waals surface area contributed by atoms with Crippen LogP contribution in [0.5, 0.6) is 0 Å². The average molecular weight is 233 g/mol. The molecule has 1 aromatic carbocycles. The number of nitrogens with zero attached hydrogens (tertiary/aromatic N) is 3. The Kier molecular flexibility index (Phi) is 2.35. The molecule has 0 bridgehead atoms. The molecule has 0 fully saturated rings. The molecule has 0 aliphatic rings. The third-order valence-electron chi connectivity index (χ3n) is 3.05. The number of fused-ring (bicyclic) bond motifs is 1. The Hall–Kier alpha value is -2.60. The molecule has 3 nitrogen and oxygen atoms in total. The van der Waals surface area contributed by atoms with Gasteiger partial charge in [-0.25, -0.2) is 0 Å². The smallest absolute Gasteiger partial charge is 0.0991 e. The van der Waals surface area contributed by atoms with Crippen molar-refractivity contribution < 1.29 is 0 Å². The van der Waals surface area contributed by atoms with E-state index in [0.29, 0.717) is 5.56 Å². The average Bonchev–Trinajstić information content (AvgIpc) is 2.75. The fraction of sp³-hybridized carbons (Fsp3) is 0.0667. The van der Waals surface area contributed by atoms with Crippen molar-refractivity contribution in [1.29, 1.82) is 5.26 Å². The van der Waals surface area contributed by atoms with Gasteiger partial charge < -0.3 is 4.57 Å². The van der Waals surface area contributed by atoms with Crippen molar-refractivity contribution in [2.24, 2.45) is 0 Å². The van der Waals surface area contributed by atoms with E-state index >= 15 is 0 Å². The van der Waals surface area contributed by atoms with E-state index in [1.807, 2.05) is 36.5 Å². The van der Waals surface area contributed by atoms with Gasteiger partial charge in [0, 0.05) is 23.0 Å². The molecule has 0 N–H and O–H groups in total. The van der Waals surface area contributed by atoms with E-state index in [-0.39, 0.29) is 0 Å². The summed E-state index contributed by atoms with van der Waals surface area (Å²) in [5.41, 5.74) is 3.96. The molecule has 2 heterocycles. The summed E-state index contributed by atoms with van der Waals surface area (Å²) in [6.45, 7) is 2.07. The van der Waals surface area contributed by atoms with Gasteiger partial charge in [0.15, 0.2) is 0 Å². The second kappa shape index (κ2) is 4.01. The Morgan fingerprint density at radius 2 is 1.94 bits per heavy atom. The van der Waals surface area contributed by atoms with E-state index in [1.165, 1.54) is 5.39 Å². The monoisotopic (exact) mass is 233 g/mol. The minimum Gasteiger partial charge on any atom is -0.312 e. The van der Waals surface area contributed by atoms with Crippen LogP contribution in [0.3, 0.4) is 0 Å². The first kappa shape index (κ1) is 10.5. The summed E-state index contributed by atoms with van der Waals surface area (Å²) >= 11 is 0. The number of hydrogen-bond donors (Lipinski definition) is 0. The predicted octanol–water partition coefficient (Wildman–Crippen LogP) is 3.21. The maximum atomic E-state index is 8.82. The standard InChI is InChI=1S/C15H11N3/c1-11-8-13-6-7-17-10-15(13)18(11)14-4-2-12(9-16)3-5-14/h2-8,10H,1H3. The second-order valence-electron chi connectivity index (χ2n) is 4.21. The molecule has 2 aromatic heterocycles. The summed E-state index contributed by atoms with van der Waals surface area (Å²) in [6, 6.07) is 13.8. The summed E-state index contributed by atoms with van der Waals surface area (Å²) in [7, 11) is 0. The molecular formula is C15H11N3. The molecule has 0 atom stereocenters. The number of rotatable bonds is 1. The highest BCUT2D eigenvalue weighted by molar-refractivity contribution is 5.82. The van der Waals surface area contributed by atoms with Gasteiger partial charge >= 0.3 is 0 Å². The van der Waals surface area contributed by atoms with Crippen molar-refractivity contribution in [2.45, 2.75) is 6.92 Å². The molecule has 0 saturated carbocycles. The molecule has 0 radical (unpaired) electrons. The highest BCUT2D eigenvalue weighted by Gasteiger charge is 2.07. The van der Waals surface area contributed by atoms with Crippen LogP contribution in [0.25, 0.3) is 16.6 Å². The minimum atomic E-state index is 0.672. The molecule has 18 heavy (non-hydrogen) atoms. The van der Waals surface area contributed by atoms with Crippen molar-refractivity contribution in [3.8, 4) is 11.8 Å². The molecule has 3 rings (SSSR count). The van der Waals surface area contributed by atoms with Gasteiger partial charge in [-0.05, 0) is 43.3 Å². The van der Waals surface area contributed by atoms with Crippen LogP contribution in [0.2, 0.25) is 0 Å². The van der Waals surface area contributed by atoms with Crippen LogP contribution in [-0.4, -0.2) is 9.55 Å². The molecule has 0 saturated heterocycles. The maximum absolute atomic E-state index is 8.82. The lowest BCUT2D eigenvalue weighted by atomic mass is 10.2. The van der Waals surface area contributed by atoms with Crippen LogP contribution >= 0.6 is 0 Å². The van der Waals surface area contributed by atoms with Crippen LogP contribution in [0.15, 0.2) is 48.8 Å². The molecule has 0 spiro atoms. The number of hydrogen-bond acceptors (Lipinski definition) is 2. The van der Waals surface area contributed by atoms with Crippen LogP contribution in [0.1, 0.15) is 11.3 Å². The second-order valence-corrected chi connectivity index (χ2v) is 4.21. The van der Waals surface area contributed by atoms with Gasteiger partial charge in [-0.2, -0.15) is 5.26 Å². The van der Waals surface area contributed by atoms with E-state index in [2.05, 4.69) is 28.6 Å². The van der Waals surface area contributed by atoms with Crippen molar-refractivity contribution in [3.05, 3.63) is 60.0 Å². The number of pyridine rings is 1. The van der Waals surface area contributed by atoms with Gasteiger partial charge in [-0.1, -0.05) is 0 Å². The van der Waals surface area contributed by atoms with Crippen LogP contribution in [0, 0.1) is 18.3 Å². The van der Waals surface area contributed by atoms with E-state index < -0.39 is 0 Å². The van der Waals surface area contributed by atoms with Crippen molar-refractivity contribution >= 4 is 10.9 Å². The number of nitriles is 1. The molecule has 0 unspecified atom stereocenters. The lowest BCUT2D eigenvalue weighted by Crippen LogP contribution is -1.96. The zero-order valence-corrected chi connectivity index (χ0v) is 9.96. The van der Waals surface area contributed by atoms with Crippen LogP contribution in [-0.2, 0) is 0 Å². The predicted molar refractivity (Wildman–Crippen MR) is 70.5 cm³/mol. The van der Waals surface area contributed by atoms with Crippen LogP contribution in [0.4, 0.5) is 0 Å². The van der Waals surface area contributed by atoms with Crippen LogP contribution < -0.4 is 0 Å². The maximum Gasteiger partial charge on any atom is 0.0991 e. The summed E-state index contributed by atoms with van der Waals surface area (Å²) in [5, 5.41) is 9.99. The Balaban J connectivity index is 2.24. The summed E-state index contributed by atoms with van der Waals surface area (Å²) in [4.78, 5) is 4.17. The Bertz CT molecular complexity index is 745. The third kappa shape index (κ3) is 1.56. The topological polar surface area (TPSA) is 41.6 Å². The first-order chi connectivity index (χ1) is 8.79. The Morgan fingerprint density at radius 3 is 2.67 bits per heavy atom. The van der Waals surface area contributed by atoms with Crippen molar-refractivity contribution in [2.75, 3.05) is 0 Å². The first-order valence-corrected chi connectivity index (χ1v) is 5.72. The fourth-order valence-electron chi connectivity index (χ4n) is 2.21. The fourth-order valence-corrected chi connectivity index (χ4v) is 2.21. The van der Waals surface area contributed by atoms with Gasteiger partial charge in [-0.3, -0.25) is 4.98 Å². The quantitative estimate of drug-likeness (QED) is 0.647. The van der Waals surface area contributed by atoms with Crippen molar-refractivity contribution in [3.63, 3.8) is 0 Å². The molecule has 0 amide bonds. The van der Waals surface area contributed by atoms with Gasteiger partial charge in [0.05, 0.1) is 23.3 Å². The van der Waals surface area contributed by atoms with Gasteiger partial charge in [-0.15, -0.1) is 0 Å². The lowest BCUT2D eigenvalue weighted by molar-refractivity contribution is 1.05. The molecule has 3 aromatic rings. The number of aryl methyl sites for hydroxylation is 1. The zero-order chi connectivity index (χ0) is 12.5. The third-order valence-corrected chi connectivity index (χ3v) is 3.05. The number of benzene rings is 1. The zero-order valence-electron chi connectivity index (χ0n) is 9.96. The summed E-state index contributed by atoms with van der Waals surface area (Å²) in [5.74, 6) is 0. The minimum absolute atomic E-state index is 0.672. The molecule has 86 valence electrons. The number of aromatic nitrogens is 2. The van der Waals surface area contributed by atoms with E-state index in [0.717, 1.165) is 16.9 Å². The summed E-state index contributed by atoms with van der Waals surface area (Å²) < 4.78 is 2.14. The first-order valence-electron chi connectivity index (χ1n) is 5.72. The Morgan fingerprint density at radius 1 is 1.17 bits per heavy atom. The van der Waals surface area contributed by atoms with Gasteiger partial charge in [0.2, 0.25) is 0 Å². The van der Waals surface area contributed by atoms with Gasteiger partial charge in [0.1, 0.15) is 0 Å². The SMILES string of the molecule is Cc1cc2ccncc2n1-c1ccc(C#N)cc1. The lowest BCUT2D eigenvalue weighted by Gasteiger charge is -2.07. The molecule has 3 heteroatoms. The van der Waals surface area contributed by atoms with E-state index in [9.17, 15) is 0 Å². The largest absolute Gasteiger partial charge is 0.312 e. The highest BCUT2D eigenvalue weighted by atomic mass is 15.0. The van der Waals surface area contributed by atoms with E-state index in [1.54, 1.807) is 6.20 Å². The molecule has 0 aliphatic heterocycles. The van der Waals surface area contributed by atoms with Crippen molar-refractivity contribution in [1.82, 2.24) is 9.55 Å². The van der Waals surface area contributed by atoms with E-state index in [4.69, 9.17) is 5.26 Å². The Labute approximate surface area is 105 Å².